The fourth-order valence-corrected chi connectivity index (χ4v) is 3.76. The monoisotopic (exact) mass is 476 g/mol. The van der Waals surface area contributed by atoms with Gasteiger partial charge in [-0.15, -0.1) is 0 Å². The predicted molar refractivity (Wildman–Crippen MR) is 122 cm³/mol. The molecular formula is C24H26ClFN2O5. The zero-order valence-corrected chi connectivity index (χ0v) is 19.6. The lowest BCUT2D eigenvalue weighted by molar-refractivity contribution is -0.143. The zero-order valence-electron chi connectivity index (χ0n) is 18.8. The molecule has 2 aromatic rings. The first-order chi connectivity index (χ1) is 15.8. The first-order valence-electron chi connectivity index (χ1n) is 10.5. The van der Waals surface area contributed by atoms with Gasteiger partial charge < -0.3 is 24.8 Å². The lowest BCUT2D eigenvalue weighted by Gasteiger charge is -2.31. The van der Waals surface area contributed by atoms with Gasteiger partial charge in [0.2, 0.25) is 0 Å². The molecule has 0 saturated carbocycles. The Kier molecular flexibility index (Phi) is 7.81. The lowest BCUT2D eigenvalue weighted by atomic mass is 9.93. The van der Waals surface area contributed by atoms with Crippen LogP contribution in [0, 0.1) is 5.82 Å². The summed E-state index contributed by atoms with van der Waals surface area (Å²) in [6.45, 7) is 5.12. The van der Waals surface area contributed by atoms with Crippen molar-refractivity contribution in [1.82, 2.24) is 10.6 Å². The minimum Gasteiger partial charge on any atom is -0.493 e. The Morgan fingerprint density at radius 3 is 2.58 bits per heavy atom. The predicted octanol–water partition coefficient (Wildman–Crippen LogP) is 5.04. The molecule has 0 saturated heterocycles. The summed E-state index contributed by atoms with van der Waals surface area (Å²) in [5, 5.41) is 5.67. The zero-order chi connectivity index (χ0) is 24.1. The number of methoxy groups -OCH3 is 1. The SMILES string of the molecule is CCC1=C(C(=O)OC(C)C)C(c2cccc(OC)c2OCc2c(F)cccc2Cl)NC(=O)N1. The molecule has 0 aliphatic carbocycles. The van der Waals surface area contributed by atoms with Gasteiger partial charge in [-0.2, -0.15) is 0 Å². The Bertz CT molecular complexity index is 1070. The fourth-order valence-electron chi connectivity index (χ4n) is 3.54. The van der Waals surface area contributed by atoms with Crippen LogP contribution in [0.2, 0.25) is 5.02 Å². The van der Waals surface area contributed by atoms with Crippen LogP contribution in [0.15, 0.2) is 47.7 Å². The van der Waals surface area contributed by atoms with Gasteiger partial charge in [-0.25, -0.2) is 14.0 Å². The summed E-state index contributed by atoms with van der Waals surface area (Å²) in [4.78, 5) is 25.4. The highest BCUT2D eigenvalue weighted by Crippen LogP contribution is 2.40. The normalized spacial score (nSPS) is 15.7. The summed E-state index contributed by atoms with van der Waals surface area (Å²) >= 11 is 6.14. The highest BCUT2D eigenvalue weighted by molar-refractivity contribution is 6.31. The van der Waals surface area contributed by atoms with Crippen molar-refractivity contribution in [2.24, 2.45) is 0 Å². The number of esters is 1. The van der Waals surface area contributed by atoms with Crippen molar-refractivity contribution in [3.05, 3.63) is 69.6 Å². The van der Waals surface area contributed by atoms with Crippen molar-refractivity contribution < 1.29 is 28.2 Å². The highest BCUT2D eigenvalue weighted by Gasteiger charge is 2.36. The van der Waals surface area contributed by atoms with E-state index in [1.807, 2.05) is 6.92 Å². The third-order valence-corrected chi connectivity index (χ3v) is 5.39. The molecule has 9 heteroatoms. The van der Waals surface area contributed by atoms with E-state index in [1.54, 1.807) is 38.1 Å². The molecule has 1 heterocycles. The van der Waals surface area contributed by atoms with Crippen molar-refractivity contribution >= 4 is 23.6 Å². The first kappa shape index (κ1) is 24.4. The number of hydrogen-bond donors (Lipinski definition) is 2. The van der Waals surface area contributed by atoms with Gasteiger partial charge in [-0.3, -0.25) is 0 Å². The molecule has 0 radical (unpaired) electrons. The average Bonchev–Trinajstić information content (AvgIpc) is 2.77. The van der Waals surface area contributed by atoms with E-state index in [4.69, 9.17) is 25.8 Å². The van der Waals surface area contributed by atoms with E-state index in [1.165, 1.54) is 19.2 Å². The van der Waals surface area contributed by atoms with Gasteiger partial charge in [0.1, 0.15) is 12.4 Å². The maximum absolute atomic E-state index is 14.3. The summed E-state index contributed by atoms with van der Waals surface area (Å²) in [5.74, 6) is -0.479. The Balaban J connectivity index is 2.08. The van der Waals surface area contributed by atoms with E-state index in [2.05, 4.69) is 10.6 Å². The third kappa shape index (κ3) is 5.39. The number of ether oxygens (including phenoxy) is 3. The number of hydrogen-bond acceptors (Lipinski definition) is 5. The standard InChI is InChI=1S/C24H26ClFN2O5/c1-5-18-20(23(29)33-13(2)3)21(28-24(30)27-18)14-8-6-11-19(31-4)22(14)32-12-15-16(25)9-7-10-17(15)26/h6-11,13,21H,5,12H2,1-4H3,(H2,27,28,30). The van der Waals surface area contributed by atoms with E-state index in [0.29, 0.717) is 23.4 Å². The number of benzene rings is 2. The number of carbonyl (C=O) groups excluding carboxylic acids is 2. The summed E-state index contributed by atoms with van der Waals surface area (Å²) in [6, 6.07) is 8.10. The van der Waals surface area contributed by atoms with Gasteiger partial charge in [0.15, 0.2) is 11.5 Å². The van der Waals surface area contributed by atoms with Gasteiger partial charge in [0, 0.05) is 16.8 Å². The maximum atomic E-state index is 14.3. The molecule has 0 fully saturated rings. The molecule has 33 heavy (non-hydrogen) atoms. The number of urea groups is 1. The van der Waals surface area contributed by atoms with Gasteiger partial charge in [-0.05, 0) is 38.5 Å². The van der Waals surface area contributed by atoms with Crippen LogP contribution in [0.1, 0.15) is 44.4 Å². The molecule has 1 aliphatic rings. The summed E-state index contributed by atoms with van der Waals surface area (Å²) in [6.07, 6.45) is 0.0443. The van der Waals surface area contributed by atoms with Crippen LogP contribution in [0.25, 0.3) is 0 Å². The Morgan fingerprint density at radius 2 is 1.94 bits per heavy atom. The van der Waals surface area contributed by atoms with Crippen molar-refractivity contribution in [2.45, 2.75) is 45.9 Å². The largest absolute Gasteiger partial charge is 0.493 e. The van der Waals surface area contributed by atoms with Crippen LogP contribution in [-0.4, -0.2) is 25.2 Å². The lowest BCUT2D eigenvalue weighted by Crippen LogP contribution is -2.46. The van der Waals surface area contributed by atoms with Gasteiger partial charge in [-0.1, -0.05) is 36.7 Å². The topological polar surface area (TPSA) is 85.9 Å². The van der Waals surface area contributed by atoms with Crippen LogP contribution in [-0.2, 0) is 16.1 Å². The molecule has 1 atom stereocenters. The molecule has 176 valence electrons. The van der Waals surface area contributed by atoms with Crippen molar-refractivity contribution in [1.29, 1.82) is 0 Å². The van der Waals surface area contributed by atoms with E-state index < -0.39 is 23.9 Å². The maximum Gasteiger partial charge on any atom is 0.338 e. The molecule has 7 nitrogen and oxygen atoms in total. The second-order valence-electron chi connectivity index (χ2n) is 7.60. The van der Waals surface area contributed by atoms with Crippen LogP contribution >= 0.6 is 11.6 Å². The minimum absolute atomic E-state index is 0.176. The van der Waals surface area contributed by atoms with E-state index >= 15 is 0 Å². The average molecular weight is 477 g/mol. The smallest absolute Gasteiger partial charge is 0.338 e. The van der Waals surface area contributed by atoms with E-state index in [9.17, 15) is 14.0 Å². The van der Waals surface area contributed by atoms with Crippen molar-refractivity contribution in [3.63, 3.8) is 0 Å². The van der Waals surface area contributed by atoms with Crippen LogP contribution in [0.5, 0.6) is 11.5 Å². The van der Waals surface area contributed by atoms with Crippen molar-refractivity contribution in [3.8, 4) is 11.5 Å². The van der Waals surface area contributed by atoms with Crippen molar-refractivity contribution in [2.75, 3.05) is 7.11 Å². The second-order valence-corrected chi connectivity index (χ2v) is 8.01. The van der Waals surface area contributed by atoms with Crippen LogP contribution in [0.4, 0.5) is 9.18 Å². The van der Waals surface area contributed by atoms with E-state index in [0.717, 1.165) is 0 Å². The first-order valence-corrected chi connectivity index (χ1v) is 10.9. The number of carbonyl (C=O) groups is 2. The molecule has 2 amide bonds. The molecule has 2 N–H and O–H groups in total. The molecule has 1 aliphatic heterocycles. The Hall–Kier alpha value is -3.26. The third-order valence-electron chi connectivity index (χ3n) is 5.03. The number of allylic oxidation sites excluding steroid dienone is 1. The number of nitrogens with one attached hydrogen (secondary N) is 2. The Labute approximate surface area is 196 Å². The Morgan fingerprint density at radius 1 is 1.21 bits per heavy atom. The number of rotatable bonds is 8. The molecule has 0 aromatic heterocycles. The summed E-state index contributed by atoms with van der Waals surface area (Å²) in [7, 11) is 1.46. The van der Waals surface area contributed by atoms with Gasteiger partial charge in [0.25, 0.3) is 0 Å². The quantitative estimate of drug-likeness (QED) is 0.521. The molecule has 3 rings (SSSR count). The van der Waals surface area contributed by atoms with Crippen LogP contribution < -0.4 is 20.1 Å². The molecule has 0 bridgehead atoms. The van der Waals surface area contributed by atoms with Gasteiger partial charge in [0.05, 0.1) is 29.9 Å². The second kappa shape index (κ2) is 10.6. The van der Waals surface area contributed by atoms with E-state index in [-0.39, 0.29) is 34.6 Å². The molecular weight excluding hydrogens is 451 g/mol. The number of amides is 2. The number of halogens is 2. The number of para-hydroxylation sites is 1. The summed E-state index contributed by atoms with van der Waals surface area (Å²) in [5.41, 5.74) is 1.33. The molecule has 1 unspecified atom stereocenters. The summed E-state index contributed by atoms with van der Waals surface area (Å²) < 4.78 is 31.2. The highest BCUT2D eigenvalue weighted by atomic mass is 35.5. The van der Waals surface area contributed by atoms with Crippen LogP contribution in [0.3, 0.4) is 0 Å². The molecule has 2 aromatic carbocycles. The fraction of sp³-hybridized carbons (Fsp3) is 0.333. The molecule has 0 spiro atoms. The minimum atomic E-state index is -0.874. The van der Waals surface area contributed by atoms with Gasteiger partial charge >= 0.3 is 12.0 Å².